The van der Waals surface area contributed by atoms with Crippen LogP contribution in [-0.4, -0.2) is 49.6 Å². The van der Waals surface area contributed by atoms with Crippen LogP contribution in [0, 0.1) is 6.92 Å². The Kier molecular flexibility index (Phi) is 4.87. The van der Waals surface area contributed by atoms with Gasteiger partial charge in [0, 0.05) is 18.1 Å². The third-order valence-corrected chi connectivity index (χ3v) is 5.09. The number of hydrogen-bond donors (Lipinski definition) is 2. The number of aryl methyl sites for hydroxylation is 1. The van der Waals surface area contributed by atoms with Crippen molar-refractivity contribution in [2.45, 2.75) is 50.7 Å². The zero-order valence-corrected chi connectivity index (χ0v) is 14.3. The van der Waals surface area contributed by atoms with Crippen molar-refractivity contribution in [1.29, 1.82) is 0 Å². The zero-order chi connectivity index (χ0) is 16.4. The summed E-state index contributed by atoms with van der Waals surface area (Å²) in [5.74, 6) is 0.716. The Bertz CT molecular complexity index is 563. The number of hydrogen-bond acceptors (Lipinski definition) is 4. The minimum Gasteiger partial charge on any atom is -0.495 e. The second kappa shape index (κ2) is 6.89. The van der Waals surface area contributed by atoms with Crippen molar-refractivity contribution >= 4 is 11.6 Å². The van der Waals surface area contributed by atoms with Gasteiger partial charge in [-0.05, 0) is 57.4 Å². The standard InChI is InChI=1S/C18H27N3O2/c1-12-4-7-17(23-3)16(8-12)20-18(22)11-21(2)15-9-13-5-6-14(10-15)19-13/h4,7-8,13-15,19H,5-6,9-11H2,1-3H3,(H,20,22). The van der Waals surface area contributed by atoms with Gasteiger partial charge in [-0.2, -0.15) is 0 Å². The molecule has 1 aromatic carbocycles. The highest BCUT2D eigenvalue weighted by atomic mass is 16.5. The predicted octanol–water partition coefficient (Wildman–Crippen LogP) is 2.16. The fourth-order valence-electron chi connectivity index (χ4n) is 3.85. The molecule has 1 amide bonds. The van der Waals surface area contributed by atoms with Gasteiger partial charge in [0.05, 0.1) is 19.3 Å². The summed E-state index contributed by atoms with van der Waals surface area (Å²) in [6.45, 7) is 2.42. The third kappa shape index (κ3) is 3.85. The maximum absolute atomic E-state index is 12.4. The first-order valence-electron chi connectivity index (χ1n) is 8.46. The maximum Gasteiger partial charge on any atom is 0.238 e. The summed E-state index contributed by atoms with van der Waals surface area (Å²) in [6, 6.07) is 7.59. The minimum absolute atomic E-state index is 0.0160. The van der Waals surface area contributed by atoms with E-state index in [-0.39, 0.29) is 5.91 Å². The smallest absolute Gasteiger partial charge is 0.238 e. The molecular weight excluding hydrogens is 290 g/mol. The van der Waals surface area contributed by atoms with Crippen molar-refractivity contribution in [1.82, 2.24) is 10.2 Å². The lowest BCUT2D eigenvalue weighted by molar-refractivity contribution is -0.117. The molecule has 2 aliphatic rings. The van der Waals surface area contributed by atoms with E-state index in [1.54, 1.807) is 7.11 Å². The molecule has 2 heterocycles. The number of nitrogens with one attached hydrogen (secondary N) is 2. The lowest BCUT2D eigenvalue weighted by Crippen LogP contribution is -2.48. The van der Waals surface area contributed by atoms with E-state index >= 15 is 0 Å². The molecule has 0 saturated carbocycles. The molecule has 1 aromatic rings. The lowest BCUT2D eigenvalue weighted by atomic mass is 9.98. The van der Waals surface area contributed by atoms with Crippen LogP contribution in [0.15, 0.2) is 18.2 Å². The number of anilines is 1. The van der Waals surface area contributed by atoms with Crippen LogP contribution in [0.5, 0.6) is 5.75 Å². The Morgan fingerprint density at radius 3 is 2.70 bits per heavy atom. The van der Waals surface area contributed by atoms with Crippen LogP contribution in [0.2, 0.25) is 0 Å². The SMILES string of the molecule is COc1ccc(C)cc1NC(=O)CN(C)C1CC2CCC(C1)N2. The van der Waals surface area contributed by atoms with Gasteiger partial charge >= 0.3 is 0 Å². The molecule has 23 heavy (non-hydrogen) atoms. The van der Waals surface area contributed by atoms with E-state index in [2.05, 4.69) is 22.6 Å². The van der Waals surface area contributed by atoms with Crippen LogP contribution >= 0.6 is 0 Å². The molecule has 2 aliphatic heterocycles. The molecule has 0 aromatic heterocycles. The number of rotatable bonds is 5. The van der Waals surface area contributed by atoms with Crippen molar-refractivity contribution < 1.29 is 9.53 Å². The molecule has 5 heteroatoms. The molecule has 0 spiro atoms. The molecule has 2 unspecified atom stereocenters. The number of fused-ring (bicyclic) bond motifs is 2. The summed E-state index contributed by atoms with van der Waals surface area (Å²) in [6.07, 6.45) is 4.85. The summed E-state index contributed by atoms with van der Waals surface area (Å²) < 4.78 is 5.32. The lowest BCUT2D eigenvalue weighted by Gasteiger charge is -2.35. The molecular formula is C18H27N3O2. The summed E-state index contributed by atoms with van der Waals surface area (Å²) in [5, 5.41) is 6.63. The molecule has 2 saturated heterocycles. The fraction of sp³-hybridized carbons (Fsp3) is 0.611. The fourth-order valence-corrected chi connectivity index (χ4v) is 3.85. The van der Waals surface area contributed by atoms with Crippen molar-refractivity contribution in [2.24, 2.45) is 0 Å². The second-order valence-corrected chi connectivity index (χ2v) is 6.93. The number of ether oxygens (including phenoxy) is 1. The van der Waals surface area contributed by atoms with E-state index in [9.17, 15) is 4.79 Å². The van der Waals surface area contributed by atoms with E-state index < -0.39 is 0 Å². The molecule has 2 atom stereocenters. The van der Waals surface area contributed by atoms with E-state index in [1.807, 2.05) is 25.1 Å². The van der Waals surface area contributed by atoms with Gasteiger partial charge in [0.2, 0.25) is 5.91 Å². The normalized spacial score (nSPS) is 26.3. The zero-order valence-electron chi connectivity index (χ0n) is 14.3. The van der Waals surface area contributed by atoms with Gasteiger partial charge in [0.15, 0.2) is 0 Å². The number of methoxy groups -OCH3 is 1. The highest BCUT2D eigenvalue weighted by Crippen LogP contribution is 2.29. The van der Waals surface area contributed by atoms with Crippen LogP contribution < -0.4 is 15.4 Å². The average Bonchev–Trinajstić information content (AvgIpc) is 2.85. The first-order valence-corrected chi connectivity index (χ1v) is 8.46. The quantitative estimate of drug-likeness (QED) is 0.874. The Balaban J connectivity index is 1.58. The van der Waals surface area contributed by atoms with E-state index in [4.69, 9.17) is 4.74 Å². The Morgan fingerprint density at radius 1 is 1.35 bits per heavy atom. The largest absolute Gasteiger partial charge is 0.495 e. The van der Waals surface area contributed by atoms with Crippen molar-refractivity contribution in [3.8, 4) is 5.75 Å². The van der Waals surface area contributed by atoms with Gasteiger partial charge in [0.1, 0.15) is 5.75 Å². The predicted molar refractivity (Wildman–Crippen MR) is 92.0 cm³/mol. The van der Waals surface area contributed by atoms with Crippen LogP contribution in [0.4, 0.5) is 5.69 Å². The van der Waals surface area contributed by atoms with E-state index in [1.165, 1.54) is 12.8 Å². The highest BCUT2D eigenvalue weighted by molar-refractivity contribution is 5.93. The number of carbonyl (C=O) groups excluding carboxylic acids is 1. The third-order valence-electron chi connectivity index (χ3n) is 5.09. The number of likely N-dealkylation sites (N-methyl/N-ethyl adjacent to an activating group) is 1. The summed E-state index contributed by atoms with van der Waals surface area (Å²) in [4.78, 5) is 14.6. The first kappa shape index (κ1) is 16.3. The molecule has 5 nitrogen and oxygen atoms in total. The van der Waals surface area contributed by atoms with Gasteiger partial charge in [-0.25, -0.2) is 0 Å². The van der Waals surface area contributed by atoms with Gasteiger partial charge in [0.25, 0.3) is 0 Å². The average molecular weight is 317 g/mol. The summed E-state index contributed by atoms with van der Waals surface area (Å²) in [5.41, 5.74) is 1.85. The molecule has 0 aliphatic carbocycles. The van der Waals surface area contributed by atoms with Gasteiger partial charge in [-0.15, -0.1) is 0 Å². The summed E-state index contributed by atoms with van der Waals surface area (Å²) >= 11 is 0. The summed E-state index contributed by atoms with van der Waals surface area (Å²) in [7, 11) is 3.68. The Morgan fingerprint density at radius 2 is 2.04 bits per heavy atom. The number of piperidine rings is 1. The maximum atomic E-state index is 12.4. The van der Waals surface area contributed by atoms with Crippen molar-refractivity contribution in [3.63, 3.8) is 0 Å². The van der Waals surface area contributed by atoms with E-state index in [0.29, 0.717) is 30.4 Å². The molecule has 3 rings (SSSR count). The molecule has 126 valence electrons. The minimum atomic E-state index is 0.0160. The monoisotopic (exact) mass is 317 g/mol. The van der Waals surface area contributed by atoms with Crippen molar-refractivity contribution in [2.75, 3.05) is 26.0 Å². The van der Waals surface area contributed by atoms with Gasteiger partial charge in [-0.3, -0.25) is 9.69 Å². The highest BCUT2D eigenvalue weighted by Gasteiger charge is 2.35. The molecule has 0 radical (unpaired) electrons. The van der Waals surface area contributed by atoms with Gasteiger partial charge < -0.3 is 15.4 Å². The number of carbonyl (C=O) groups is 1. The number of amides is 1. The van der Waals surface area contributed by atoms with Crippen LogP contribution in [0.3, 0.4) is 0 Å². The van der Waals surface area contributed by atoms with E-state index in [0.717, 1.165) is 24.1 Å². The Labute approximate surface area is 138 Å². The Hall–Kier alpha value is -1.59. The molecule has 2 bridgehead atoms. The topological polar surface area (TPSA) is 53.6 Å². The van der Waals surface area contributed by atoms with Crippen LogP contribution in [-0.2, 0) is 4.79 Å². The van der Waals surface area contributed by atoms with Crippen LogP contribution in [0.1, 0.15) is 31.2 Å². The molecule has 2 fully saturated rings. The number of benzene rings is 1. The van der Waals surface area contributed by atoms with Crippen molar-refractivity contribution in [3.05, 3.63) is 23.8 Å². The van der Waals surface area contributed by atoms with Crippen LogP contribution in [0.25, 0.3) is 0 Å². The number of nitrogens with zero attached hydrogens (tertiary/aromatic N) is 1. The molecule has 2 N–H and O–H groups in total. The second-order valence-electron chi connectivity index (χ2n) is 6.93. The van der Waals surface area contributed by atoms with Gasteiger partial charge in [-0.1, -0.05) is 6.07 Å². The first-order chi connectivity index (χ1) is 11.0.